The molecular formula is C9H20Y-2. The van der Waals surface area contributed by atoms with E-state index in [1.54, 1.807) is 0 Å². The first kappa shape index (κ1) is 17.3. The minimum atomic E-state index is 0. The molecule has 1 radical (unpaired) electrons. The summed E-state index contributed by atoms with van der Waals surface area (Å²) in [6.45, 7) is 16.2. The zero-order chi connectivity index (χ0) is 8.08. The van der Waals surface area contributed by atoms with Crippen LogP contribution in [-0.4, -0.2) is 0 Å². The van der Waals surface area contributed by atoms with Crippen molar-refractivity contribution in [3.63, 3.8) is 0 Å². The molecule has 0 aromatic rings. The monoisotopic (exact) mass is 217 g/mol. The van der Waals surface area contributed by atoms with Crippen LogP contribution in [0.2, 0.25) is 0 Å². The van der Waals surface area contributed by atoms with Gasteiger partial charge in [0.2, 0.25) is 0 Å². The van der Waals surface area contributed by atoms with Crippen molar-refractivity contribution in [2.45, 2.75) is 41.5 Å². The summed E-state index contributed by atoms with van der Waals surface area (Å²) >= 11 is 0. The van der Waals surface area contributed by atoms with Crippen LogP contribution in [0.5, 0.6) is 0 Å². The van der Waals surface area contributed by atoms with Crippen molar-refractivity contribution in [2.24, 2.45) is 5.41 Å². The summed E-state index contributed by atoms with van der Waals surface area (Å²) in [5, 5.41) is 0. The van der Waals surface area contributed by atoms with Crippen LogP contribution in [0.3, 0.4) is 0 Å². The van der Waals surface area contributed by atoms with Crippen LogP contribution in [-0.2, 0) is 32.7 Å². The third kappa shape index (κ3) is 491. The van der Waals surface area contributed by atoms with E-state index >= 15 is 0 Å². The van der Waals surface area contributed by atoms with Gasteiger partial charge in [-0.25, -0.2) is 0 Å². The summed E-state index contributed by atoms with van der Waals surface area (Å²) in [4.78, 5) is 0. The van der Waals surface area contributed by atoms with E-state index in [4.69, 9.17) is 0 Å². The second-order valence-electron chi connectivity index (χ2n) is 4.06. The fourth-order valence-electron chi connectivity index (χ4n) is 0. The second kappa shape index (κ2) is 8.20. The van der Waals surface area contributed by atoms with Gasteiger partial charge in [-0.1, -0.05) is 20.8 Å². The molecule has 0 amide bonds. The van der Waals surface area contributed by atoms with Crippen molar-refractivity contribution in [3.8, 4) is 0 Å². The van der Waals surface area contributed by atoms with E-state index in [1.807, 2.05) is 0 Å². The topological polar surface area (TPSA) is 0 Å². The Balaban J connectivity index is -0.0000000910. The van der Waals surface area contributed by atoms with E-state index < -0.39 is 0 Å². The molecule has 0 aliphatic carbocycles. The van der Waals surface area contributed by atoms with Gasteiger partial charge in [-0.15, -0.1) is 0 Å². The molecule has 0 saturated heterocycles. The fourth-order valence-corrected chi connectivity index (χ4v) is 0. The molecule has 10 heavy (non-hydrogen) atoms. The summed E-state index contributed by atoms with van der Waals surface area (Å²) in [5.74, 6) is 1.42. The van der Waals surface area contributed by atoms with Gasteiger partial charge in [0.25, 0.3) is 0 Å². The molecule has 0 aliphatic heterocycles. The third-order valence-electron chi connectivity index (χ3n) is 0. The van der Waals surface area contributed by atoms with Gasteiger partial charge in [0.15, 0.2) is 0 Å². The first-order chi connectivity index (χ1) is 3.73. The zero-order valence-corrected chi connectivity index (χ0v) is 11.1. The second-order valence-corrected chi connectivity index (χ2v) is 4.06. The van der Waals surface area contributed by atoms with Gasteiger partial charge in [0, 0.05) is 32.7 Å². The molecule has 0 spiro atoms. The molecule has 1 heteroatoms. The summed E-state index contributed by atoms with van der Waals surface area (Å²) in [6, 6.07) is 0. The van der Waals surface area contributed by atoms with E-state index in [0.717, 1.165) is 0 Å². The predicted octanol–water partition coefficient (Wildman–Crippen LogP) is 3.48. The van der Waals surface area contributed by atoms with Crippen LogP contribution in [0.15, 0.2) is 0 Å². The normalized spacial score (nSPS) is 9.60. The van der Waals surface area contributed by atoms with Crippen LogP contribution < -0.4 is 0 Å². The number of rotatable bonds is 0. The summed E-state index contributed by atoms with van der Waals surface area (Å²) in [7, 11) is 0. The van der Waals surface area contributed by atoms with Gasteiger partial charge in [0.1, 0.15) is 0 Å². The van der Waals surface area contributed by atoms with Crippen LogP contribution in [0.25, 0.3) is 0 Å². The van der Waals surface area contributed by atoms with Crippen LogP contribution in [0.4, 0.5) is 0 Å². The average molecular weight is 217 g/mol. The SMILES string of the molecule is C[C-](C)C.[CH2-]C(C)(C)C.[Y]. The molecule has 0 bridgehead atoms. The van der Waals surface area contributed by atoms with E-state index in [-0.39, 0.29) is 38.1 Å². The van der Waals surface area contributed by atoms with E-state index in [1.165, 1.54) is 5.92 Å². The van der Waals surface area contributed by atoms with Crippen LogP contribution >= 0.6 is 0 Å². The molecule has 0 fully saturated rings. The molecule has 0 atom stereocenters. The van der Waals surface area contributed by atoms with Gasteiger partial charge in [-0.3, -0.25) is 0 Å². The van der Waals surface area contributed by atoms with Gasteiger partial charge >= 0.3 is 0 Å². The summed E-state index contributed by atoms with van der Waals surface area (Å²) in [5.41, 5.74) is 0.250. The summed E-state index contributed by atoms with van der Waals surface area (Å²) < 4.78 is 0. The molecule has 0 heterocycles. The van der Waals surface area contributed by atoms with E-state index in [0.29, 0.717) is 0 Å². The van der Waals surface area contributed by atoms with Crippen molar-refractivity contribution in [1.82, 2.24) is 0 Å². The molecule has 0 nitrogen and oxygen atoms in total. The minimum Gasteiger partial charge on any atom is -0.338 e. The van der Waals surface area contributed by atoms with Crippen LogP contribution in [0.1, 0.15) is 41.5 Å². The maximum atomic E-state index is 3.77. The number of hydrogen-bond acceptors (Lipinski definition) is 0. The van der Waals surface area contributed by atoms with Crippen molar-refractivity contribution >= 4 is 0 Å². The predicted molar refractivity (Wildman–Crippen MR) is 45.1 cm³/mol. The van der Waals surface area contributed by atoms with Crippen molar-refractivity contribution < 1.29 is 32.7 Å². The molecule has 0 aromatic heterocycles. The van der Waals surface area contributed by atoms with E-state index in [9.17, 15) is 0 Å². The maximum absolute atomic E-state index is 3.77. The van der Waals surface area contributed by atoms with Crippen molar-refractivity contribution in [2.75, 3.05) is 0 Å². The molecule has 0 rings (SSSR count). The van der Waals surface area contributed by atoms with Crippen molar-refractivity contribution in [1.29, 1.82) is 0 Å². The molecule has 61 valence electrons. The molecule has 0 unspecified atom stereocenters. The Kier molecular flexibility index (Phi) is 14.2. The van der Waals surface area contributed by atoms with Gasteiger partial charge in [-0.05, 0) is 0 Å². The van der Waals surface area contributed by atoms with Gasteiger partial charge < -0.3 is 12.8 Å². The Morgan fingerprint density at radius 1 is 1.00 bits per heavy atom. The Bertz CT molecular complexity index is 41.5. The standard InChI is InChI=1S/C5H11.C4H9.Y/c1-5(2,3)4;1-4(2)3;/h1H2,2-4H3;1-3H3;/q2*-1;. The zero-order valence-electron chi connectivity index (χ0n) is 8.28. The first-order valence-corrected chi connectivity index (χ1v) is 3.35. The summed E-state index contributed by atoms with van der Waals surface area (Å²) in [6.07, 6.45) is 0. The number of hydrogen-bond donors (Lipinski definition) is 0. The first-order valence-electron chi connectivity index (χ1n) is 3.35. The van der Waals surface area contributed by atoms with E-state index in [2.05, 4.69) is 48.5 Å². The Morgan fingerprint density at radius 3 is 1.00 bits per heavy atom. The Hall–Kier alpha value is 1.10. The van der Waals surface area contributed by atoms with Gasteiger partial charge in [-0.2, -0.15) is 26.2 Å². The van der Waals surface area contributed by atoms with Crippen molar-refractivity contribution in [3.05, 3.63) is 12.8 Å². The molecule has 0 saturated carbocycles. The smallest absolute Gasteiger partial charge is 0 e. The minimum absolute atomic E-state index is 0. The quantitative estimate of drug-likeness (QED) is 0.545. The average Bonchev–Trinajstić information content (AvgIpc) is 1.19. The largest absolute Gasteiger partial charge is 0.338 e. The van der Waals surface area contributed by atoms with Crippen LogP contribution in [0, 0.1) is 18.3 Å². The fraction of sp³-hybridized carbons (Fsp3) is 0.778. The molecule has 0 aliphatic rings. The molecular weight excluding hydrogens is 197 g/mol. The van der Waals surface area contributed by atoms with Gasteiger partial charge in [0.05, 0.1) is 0 Å². The Labute approximate surface area is 92.0 Å². The molecule has 0 N–H and O–H groups in total. The third-order valence-corrected chi connectivity index (χ3v) is 0. The Morgan fingerprint density at radius 2 is 1.00 bits per heavy atom. The maximum Gasteiger partial charge on any atom is 0 e. The molecule has 0 aromatic carbocycles.